The first-order valence-corrected chi connectivity index (χ1v) is 5.89. The zero-order valence-electron chi connectivity index (χ0n) is 11.0. The fourth-order valence-electron chi connectivity index (χ4n) is 1.68. The van der Waals surface area contributed by atoms with Crippen molar-refractivity contribution in [3.05, 3.63) is 35.4 Å². The Balaban J connectivity index is 3.00. The van der Waals surface area contributed by atoms with Crippen molar-refractivity contribution in [2.45, 2.75) is 26.1 Å². The Kier molecular flexibility index (Phi) is 5.12. The number of halogens is 3. The maximum Gasteiger partial charge on any atom is 0.416 e. The molecule has 1 rings (SSSR count). The number of alkyl halides is 3. The average Bonchev–Trinajstić information content (AvgIpc) is 2.33. The van der Waals surface area contributed by atoms with Crippen LogP contribution in [0.5, 0.6) is 0 Å². The molecule has 2 amide bonds. The van der Waals surface area contributed by atoms with Crippen LogP contribution in [0.4, 0.5) is 13.2 Å². The monoisotopic (exact) mass is 288 g/mol. The summed E-state index contributed by atoms with van der Waals surface area (Å²) in [5.74, 6) is -0.718. The van der Waals surface area contributed by atoms with Gasteiger partial charge in [0.15, 0.2) is 0 Å². The fraction of sp³-hybridized carbons (Fsp3) is 0.385. The van der Waals surface area contributed by atoms with Crippen LogP contribution in [-0.2, 0) is 15.8 Å². The maximum absolute atomic E-state index is 12.7. The van der Waals surface area contributed by atoms with Crippen molar-refractivity contribution >= 4 is 11.8 Å². The van der Waals surface area contributed by atoms with Crippen molar-refractivity contribution in [1.29, 1.82) is 0 Å². The first-order chi connectivity index (χ1) is 9.20. The van der Waals surface area contributed by atoms with Gasteiger partial charge in [-0.1, -0.05) is 12.1 Å². The summed E-state index contributed by atoms with van der Waals surface area (Å²) in [5.41, 5.74) is -0.517. The van der Waals surface area contributed by atoms with Crippen LogP contribution >= 0.6 is 0 Å². The maximum atomic E-state index is 12.7. The Morgan fingerprint density at radius 3 is 2.35 bits per heavy atom. The van der Waals surface area contributed by atoms with Gasteiger partial charge < -0.3 is 10.6 Å². The number of carbonyl (C=O) groups is 2. The van der Waals surface area contributed by atoms with E-state index in [2.05, 4.69) is 10.6 Å². The summed E-state index contributed by atoms with van der Waals surface area (Å²) in [6.45, 7) is 2.57. The average molecular weight is 288 g/mol. The molecule has 0 aliphatic carbocycles. The Bertz CT molecular complexity index is 501. The SMILES string of the molecule is CC(=O)NC[C@@H](NC(C)=O)c1cccc(C(F)(F)F)c1. The minimum Gasteiger partial charge on any atom is -0.354 e. The lowest BCUT2D eigenvalue weighted by molar-refractivity contribution is -0.137. The molecular formula is C13H15F3N2O2. The predicted molar refractivity (Wildman–Crippen MR) is 66.7 cm³/mol. The van der Waals surface area contributed by atoms with Gasteiger partial charge in [-0.3, -0.25) is 9.59 Å². The third kappa shape index (κ3) is 4.91. The van der Waals surface area contributed by atoms with Crippen LogP contribution < -0.4 is 10.6 Å². The largest absolute Gasteiger partial charge is 0.416 e. The second-order valence-corrected chi connectivity index (χ2v) is 4.31. The molecule has 0 saturated heterocycles. The molecule has 7 heteroatoms. The molecule has 20 heavy (non-hydrogen) atoms. The summed E-state index contributed by atoms with van der Waals surface area (Å²) in [4.78, 5) is 22.0. The lowest BCUT2D eigenvalue weighted by Crippen LogP contribution is -2.36. The molecule has 0 spiro atoms. The van der Waals surface area contributed by atoms with E-state index in [0.29, 0.717) is 0 Å². The smallest absolute Gasteiger partial charge is 0.354 e. The molecule has 0 radical (unpaired) electrons. The zero-order valence-corrected chi connectivity index (χ0v) is 11.0. The van der Waals surface area contributed by atoms with Gasteiger partial charge in [0.05, 0.1) is 11.6 Å². The second-order valence-electron chi connectivity index (χ2n) is 4.31. The number of carbonyl (C=O) groups excluding carboxylic acids is 2. The Morgan fingerprint density at radius 2 is 1.85 bits per heavy atom. The van der Waals surface area contributed by atoms with E-state index in [9.17, 15) is 22.8 Å². The molecule has 2 N–H and O–H groups in total. The van der Waals surface area contributed by atoms with Gasteiger partial charge >= 0.3 is 6.18 Å². The summed E-state index contributed by atoms with van der Waals surface area (Å²) >= 11 is 0. The molecule has 0 fully saturated rings. The van der Waals surface area contributed by atoms with Crippen LogP contribution in [0.25, 0.3) is 0 Å². The van der Waals surface area contributed by atoms with Gasteiger partial charge in [0.25, 0.3) is 0 Å². The van der Waals surface area contributed by atoms with Gasteiger partial charge in [-0.05, 0) is 17.7 Å². The van der Waals surface area contributed by atoms with Gasteiger partial charge in [0, 0.05) is 20.4 Å². The van der Waals surface area contributed by atoms with E-state index >= 15 is 0 Å². The molecule has 0 aliphatic rings. The van der Waals surface area contributed by atoms with E-state index in [1.54, 1.807) is 0 Å². The van der Waals surface area contributed by atoms with Gasteiger partial charge in [-0.15, -0.1) is 0 Å². The molecule has 0 aromatic heterocycles. The number of rotatable bonds is 4. The van der Waals surface area contributed by atoms with Crippen LogP contribution in [0, 0.1) is 0 Å². The highest BCUT2D eigenvalue weighted by molar-refractivity contribution is 5.74. The highest BCUT2D eigenvalue weighted by Crippen LogP contribution is 2.30. The first kappa shape index (κ1) is 16.0. The molecule has 1 aromatic rings. The van der Waals surface area contributed by atoms with Gasteiger partial charge in [0.1, 0.15) is 0 Å². The van der Waals surface area contributed by atoms with Crippen LogP contribution in [0.2, 0.25) is 0 Å². The fourth-order valence-corrected chi connectivity index (χ4v) is 1.68. The Hall–Kier alpha value is -2.05. The number of benzene rings is 1. The number of hydrogen-bond acceptors (Lipinski definition) is 2. The quantitative estimate of drug-likeness (QED) is 0.890. The molecule has 0 saturated carbocycles. The van der Waals surface area contributed by atoms with Crippen molar-refractivity contribution in [2.24, 2.45) is 0 Å². The third-order valence-electron chi connectivity index (χ3n) is 2.55. The zero-order chi connectivity index (χ0) is 15.3. The molecule has 4 nitrogen and oxygen atoms in total. The molecule has 0 unspecified atom stereocenters. The van der Waals surface area contributed by atoms with Gasteiger partial charge in [-0.25, -0.2) is 0 Å². The third-order valence-corrected chi connectivity index (χ3v) is 2.55. The van der Waals surface area contributed by atoms with Crippen molar-refractivity contribution in [3.8, 4) is 0 Å². The van der Waals surface area contributed by atoms with Crippen LogP contribution in [0.1, 0.15) is 31.0 Å². The highest BCUT2D eigenvalue weighted by atomic mass is 19.4. The Labute approximate surface area is 114 Å². The number of hydrogen-bond donors (Lipinski definition) is 2. The van der Waals surface area contributed by atoms with Gasteiger partial charge in [0.2, 0.25) is 11.8 Å². The van der Waals surface area contributed by atoms with Crippen molar-refractivity contribution in [1.82, 2.24) is 10.6 Å². The summed E-state index contributed by atoms with van der Waals surface area (Å²) in [7, 11) is 0. The molecule has 110 valence electrons. The van der Waals surface area contributed by atoms with E-state index in [1.807, 2.05) is 0 Å². The van der Waals surface area contributed by atoms with Crippen LogP contribution in [-0.4, -0.2) is 18.4 Å². The highest BCUT2D eigenvalue weighted by Gasteiger charge is 2.31. The molecular weight excluding hydrogens is 273 g/mol. The van der Waals surface area contributed by atoms with Crippen molar-refractivity contribution in [2.75, 3.05) is 6.54 Å². The molecule has 0 heterocycles. The Morgan fingerprint density at radius 1 is 1.20 bits per heavy atom. The molecule has 0 aliphatic heterocycles. The summed E-state index contributed by atoms with van der Waals surface area (Å²) < 4.78 is 38.0. The first-order valence-electron chi connectivity index (χ1n) is 5.89. The number of nitrogens with one attached hydrogen (secondary N) is 2. The van der Waals surface area contributed by atoms with E-state index in [4.69, 9.17) is 0 Å². The lowest BCUT2D eigenvalue weighted by atomic mass is 10.0. The van der Waals surface area contributed by atoms with Crippen molar-refractivity contribution < 1.29 is 22.8 Å². The molecule has 1 atom stereocenters. The van der Waals surface area contributed by atoms with Crippen molar-refractivity contribution in [3.63, 3.8) is 0 Å². The standard InChI is InChI=1S/C13H15F3N2O2/c1-8(19)17-7-12(18-9(2)20)10-4-3-5-11(6-10)13(14,15)16/h3-6,12H,7H2,1-2H3,(H,17,19)(H,18,20)/t12-/m1/s1. The van der Waals surface area contributed by atoms with E-state index in [0.717, 1.165) is 12.1 Å². The summed E-state index contributed by atoms with van der Waals surface area (Å²) in [6, 6.07) is 3.94. The summed E-state index contributed by atoms with van der Waals surface area (Å²) in [6.07, 6.45) is -4.45. The van der Waals surface area contributed by atoms with E-state index < -0.39 is 23.7 Å². The normalized spacial score (nSPS) is 12.7. The topological polar surface area (TPSA) is 58.2 Å². The minimum atomic E-state index is -4.45. The van der Waals surface area contributed by atoms with Crippen LogP contribution in [0.3, 0.4) is 0 Å². The van der Waals surface area contributed by atoms with Crippen LogP contribution in [0.15, 0.2) is 24.3 Å². The van der Waals surface area contributed by atoms with Gasteiger partial charge in [-0.2, -0.15) is 13.2 Å². The predicted octanol–water partition coefficient (Wildman–Crippen LogP) is 2.02. The minimum absolute atomic E-state index is 0.0240. The van der Waals surface area contributed by atoms with E-state index in [1.165, 1.54) is 26.0 Å². The molecule has 0 bridgehead atoms. The van der Waals surface area contributed by atoms with E-state index in [-0.39, 0.29) is 18.0 Å². The number of amides is 2. The lowest BCUT2D eigenvalue weighted by Gasteiger charge is -2.19. The molecule has 1 aromatic carbocycles. The summed E-state index contributed by atoms with van der Waals surface area (Å²) in [5, 5.41) is 4.98. The second kappa shape index (κ2) is 6.40.